The number of anilines is 1. The van der Waals surface area contributed by atoms with Gasteiger partial charge in [0.25, 0.3) is 0 Å². The number of nitrogens with one attached hydrogen (secondary N) is 2. The smallest absolute Gasteiger partial charge is 0.335 e. The van der Waals surface area contributed by atoms with Gasteiger partial charge in [0.15, 0.2) is 0 Å². The van der Waals surface area contributed by atoms with Crippen molar-refractivity contribution < 1.29 is 19.8 Å². The average Bonchev–Trinajstić information content (AvgIpc) is 2.43. The molecule has 1 aliphatic carbocycles. The maximum atomic E-state index is 11.9. The zero-order chi connectivity index (χ0) is 15.4. The average molecular weight is 313 g/mol. The number of urea groups is 1. The van der Waals surface area contributed by atoms with Gasteiger partial charge < -0.3 is 20.8 Å². The summed E-state index contributed by atoms with van der Waals surface area (Å²) in [5, 5.41) is 24.1. The van der Waals surface area contributed by atoms with Crippen molar-refractivity contribution >= 4 is 29.3 Å². The van der Waals surface area contributed by atoms with Gasteiger partial charge in [-0.1, -0.05) is 24.4 Å². The zero-order valence-electron chi connectivity index (χ0n) is 11.3. The summed E-state index contributed by atoms with van der Waals surface area (Å²) in [5.74, 6) is -1.08. The molecule has 2 unspecified atom stereocenters. The third kappa shape index (κ3) is 4.09. The van der Waals surface area contributed by atoms with Crippen LogP contribution in [0.25, 0.3) is 0 Å². The van der Waals surface area contributed by atoms with Crippen LogP contribution < -0.4 is 10.6 Å². The molecule has 21 heavy (non-hydrogen) atoms. The Morgan fingerprint density at radius 1 is 1.24 bits per heavy atom. The quantitative estimate of drug-likeness (QED) is 0.689. The van der Waals surface area contributed by atoms with Crippen molar-refractivity contribution in [3.63, 3.8) is 0 Å². The highest BCUT2D eigenvalue weighted by Crippen LogP contribution is 2.23. The van der Waals surface area contributed by atoms with Crippen LogP contribution in [0.5, 0.6) is 0 Å². The molecule has 0 aliphatic heterocycles. The Bertz CT molecular complexity index is 550. The van der Waals surface area contributed by atoms with Gasteiger partial charge >= 0.3 is 12.0 Å². The molecule has 0 bridgehead atoms. The predicted molar refractivity (Wildman–Crippen MR) is 78.8 cm³/mol. The van der Waals surface area contributed by atoms with Gasteiger partial charge in [0.05, 0.1) is 28.4 Å². The largest absolute Gasteiger partial charge is 0.478 e. The molecule has 2 amide bonds. The molecular formula is C14H17ClN2O4. The number of hydrogen-bond donors (Lipinski definition) is 4. The second-order valence-electron chi connectivity index (χ2n) is 5.06. The van der Waals surface area contributed by atoms with E-state index in [1.54, 1.807) is 0 Å². The molecule has 1 saturated carbocycles. The Morgan fingerprint density at radius 3 is 2.57 bits per heavy atom. The molecule has 1 aromatic carbocycles. The van der Waals surface area contributed by atoms with E-state index >= 15 is 0 Å². The predicted octanol–water partition coefficient (Wildman–Crippen LogP) is 2.46. The summed E-state index contributed by atoms with van der Waals surface area (Å²) in [6, 6.07) is 3.33. The van der Waals surface area contributed by atoms with Gasteiger partial charge in [-0.25, -0.2) is 9.59 Å². The highest BCUT2D eigenvalue weighted by atomic mass is 35.5. The van der Waals surface area contributed by atoms with E-state index in [9.17, 15) is 14.7 Å². The topological polar surface area (TPSA) is 98.7 Å². The van der Waals surface area contributed by atoms with Crippen LogP contribution in [0.4, 0.5) is 10.5 Å². The van der Waals surface area contributed by atoms with Crippen molar-refractivity contribution in [2.75, 3.05) is 5.32 Å². The van der Waals surface area contributed by atoms with Gasteiger partial charge in [-0.3, -0.25) is 0 Å². The minimum Gasteiger partial charge on any atom is -0.478 e. The van der Waals surface area contributed by atoms with Crippen LogP contribution in [-0.4, -0.2) is 34.4 Å². The summed E-state index contributed by atoms with van der Waals surface area (Å²) in [6.07, 6.45) is 2.81. The van der Waals surface area contributed by atoms with E-state index in [2.05, 4.69) is 10.6 Å². The number of carboxylic acids is 1. The minimum atomic E-state index is -1.08. The van der Waals surface area contributed by atoms with E-state index in [1.165, 1.54) is 18.2 Å². The first-order valence-corrected chi connectivity index (χ1v) is 7.13. The second-order valence-corrected chi connectivity index (χ2v) is 5.46. The number of aliphatic hydroxyl groups excluding tert-OH is 1. The second kappa shape index (κ2) is 6.78. The van der Waals surface area contributed by atoms with Gasteiger partial charge in [-0.2, -0.15) is 0 Å². The van der Waals surface area contributed by atoms with Crippen LogP contribution in [0.1, 0.15) is 36.0 Å². The lowest BCUT2D eigenvalue weighted by Crippen LogP contribution is -2.46. The first-order valence-electron chi connectivity index (χ1n) is 6.76. The monoisotopic (exact) mass is 312 g/mol. The molecule has 1 aromatic rings. The fraction of sp³-hybridized carbons (Fsp3) is 0.429. The molecule has 0 aromatic heterocycles. The van der Waals surface area contributed by atoms with Gasteiger partial charge in [0.1, 0.15) is 0 Å². The lowest BCUT2D eigenvalue weighted by Gasteiger charge is -2.28. The highest BCUT2D eigenvalue weighted by molar-refractivity contribution is 6.34. The number of carbonyl (C=O) groups is 2. The van der Waals surface area contributed by atoms with E-state index in [0.717, 1.165) is 19.3 Å². The van der Waals surface area contributed by atoms with E-state index in [1.807, 2.05) is 0 Å². The van der Waals surface area contributed by atoms with E-state index in [4.69, 9.17) is 16.7 Å². The lowest BCUT2D eigenvalue weighted by atomic mass is 9.93. The number of halogens is 1. The molecule has 2 atom stereocenters. The van der Waals surface area contributed by atoms with Crippen molar-refractivity contribution in [2.45, 2.75) is 37.8 Å². The van der Waals surface area contributed by atoms with Gasteiger partial charge in [0.2, 0.25) is 0 Å². The summed E-state index contributed by atoms with van der Waals surface area (Å²) < 4.78 is 0. The molecule has 114 valence electrons. The van der Waals surface area contributed by atoms with Crippen molar-refractivity contribution in [1.82, 2.24) is 5.32 Å². The maximum Gasteiger partial charge on any atom is 0.335 e. The summed E-state index contributed by atoms with van der Waals surface area (Å²) in [6.45, 7) is 0. The molecule has 1 fully saturated rings. The van der Waals surface area contributed by atoms with Crippen molar-refractivity contribution in [2.24, 2.45) is 0 Å². The number of carboxylic acid groups (broad SMARTS) is 1. The zero-order valence-corrected chi connectivity index (χ0v) is 12.1. The number of aromatic carboxylic acids is 1. The Labute approximate surface area is 127 Å². The number of benzene rings is 1. The Hall–Kier alpha value is -1.79. The molecule has 0 radical (unpaired) electrons. The number of aliphatic hydroxyl groups is 1. The van der Waals surface area contributed by atoms with Crippen LogP contribution >= 0.6 is 11.6 Å². The van der Waals surface area contributed by atoms with E-state index < -0.39 is 18.1 Å². The lowest BCUT2D eigenvalue weighted by molar-refractivity contribution is 0.0697. The molecular weight excluding hydrogens is 296 g/mol. The third-order valence-corrected chi connectivity index (χ3v) is 3.82. The fourth-order valence-electron chi connectivity index (χ4n) is 2.36. The molecule has 1 aliphatic rings. The van der Waals surface area contributed by atoms with E-state index in [0.29, 0.717) is 12.1 Å². The minimum absolute atomic E-state index is 0.0497. The number of amides is 2. The Kier molecular flexibility index (Phi) is 5.03. The first-order chi connectivity index (χ1) is 9.97. The van der Waals surface area contributed by atoms with Gasteiger partial charge in [-0.15, -0.1) is 0 Å². The van der Waals surface area contributed by atoms with Crippen LogP contribution in [0.2, 0.25) is 5.02 Å². The van der Waals surface area contributed by atoms with Crippen molar-refractivity contribution in [3.8, 4) is 0 Å². The van der Waals surface area contributed by atoms with E-state index in [-0.39, 0.29) is 16.6 Å². The first kappa shape index (κ1) is 15.6. The van der Waals surface area contributed by atoms with Crippen LogP contribution in [-0.2, 0) is 0 Å². The normalized spacial score (nSPS) is 21.6. The number of hydrogen-bond acceptors (Lipinski definition) is 3. The van der Waals surface area contributed by atoms with Gasteiger partial charge in [0, 0.05) is 0 Å². The van der Waals surface area contributed by atoms with Gasteiger partial charge in [-0.05, 0) is 31.0 Å². The summed E-state index contributed by atoms with van der Waals surface area (Å²) in [5.41, 5.74) is 0.373. The summed E-state index contributed by atoms with van der Waals surface area (Å²) >= 11 is 5.93. The van der Waals surface area contributed by atoms with Crippen LogP contribution in [0.3, 0.4) is 0 Å². The van der Waals surface area contributed by atoms with Crippen LogP contribution in [0.15, 0.2) is 18.2 Å². The Morgan fingerprint density at radius 2 is 1.95 bits per heavy atom. The molecule has 2 rings (SSSR count). The molecule has 0 saturated heterocycles. The number of rotatable bonds is 3. The molecule has 6 nitrogen and oxygen atoms in total. The SMILES string of the molecule is O=C(Nc1ccc(C(=O)O)cc1Cl)NC1CCCCC1O. The van der Waals surface area contributed by atoms with Crippen LogP contribution in [0, 0.1) is 0 Å². The van der Waals surface area contributed by atoms with Crippen molar-refractivity contribution in [3.05, 3.63) is 28.8 Å². The maximum absolute atomic E-state index is 11.9. The summed E-state index contributed by atoms with van der Waals surface area (Å²) in [4.78, 5) is 22.7. The third-order valence-electron chi connectivity index (χ3n) is 3.51. The Balaban J connectivity index is 1.97. The summed E-state index contributed by atoms with van der Waals surface area (Å²) in [7, 11) is 0. The van der Waals surface area contributed by atoms with Crippen molar-refractivity contribution in [1.29, 1.82) is 0 Å². The number of carbonyl (C=O) groups excluding carboxylic acids is 1. The molecule has 7 heteroatoms. The highest BCUT2D eigenvalue weighted by Gasteiger charge is 2.24. The standard InChI is InChI=1S/C14H17ClN2O4/c15-9-7-8(13(19)20)5-6-10(9)16-14(21)17-11-3-1-2-4-12(11)18/h5-7,11-12,18H,1-4H2,(H,19,20)(H2,16,17,21). The molecule has 0 spiro atoms. The molecule has 4 N–H and O–H groups in total. The molecule has 0 heterocycles. The fourth-order valence-corrected chi connectivity index (χ4v) is 2.58.